The summed E-state index contributed by atoms with van der Waals surface area (Å²) < 4.78 is 5.26. The van der Waals surface area contributed by atoms with Crippen LogP contribution >= 0.6 is 12.2 Å². The van der Waals surface area contributed by atoms with Crippen molar-refractivity contribution in [2.45, 2.75) is 20.3 Å². The number of aryl methyl sites for hydroxylation is 1. The van der Waals surface area contributed by atoms with Gasteiger partial charge in [-0.25, -0.2) is 4.98 Å². The SMILES string of the molecule is CCOCCCNc1cc(C(N)=S)cc(C)n1. The first-order valence-corrected chi connectivity index (χ1v) is 6.14. The number of thiocarbonyl (C=S) groups is 1. The van der Waals surface area contributed by atoms with E-state index in [1.807, 2.05) is 26.0 Å². The second-order valence-corrected chi connectivity index (χ2v) is 4.16. The number of nitrogens with zero attached hydrogens (tertiary/aromatic N) is 1. The fraction of sp³-hybridized carbons (Fsp3) is 0.500. The number of nitrogens with one attached hydrogen (secondary N) is 1. The molecular weight excluding hydrogens is 234 g/mol. The van der Waals surface area contributed by atoms with Crippen LogP contribution in [0.15, 0.2) is 12.1 Å². The first kappa shape index (κ1) is 13.9. The van der Waals surface area contributed by atoms with Gasteiger partial charge < -0.3 is 15.8 Å². The number of aromatic nitrogens is 1. The van der Waals surface area contributed by atoms with Gasteiger partial charge in [0.05, 0.1) is 0 Å². The number of hydrogen-bond acceptors (Lipinski definition) is 4. The first-order chi connectivity index (χ1) is 8.13. The third-order valence-corrected chi connectivity index (χ3v) is 2.45. The van der Waals surface area contributed by atoms with E-state index in [9.17, 15) is 0 Å². The average molecular weight is 253 g/mol. The van der Waals surface area contributed by atoms with E-state index >= 15 is 0 Å². The number of ether oxygens (including phenoxy) is 1. The molecular formula is C12H19N3OS. The van der Waals surface area contributed by atoms with Crippen LogP contribution in [0.3, 0.4) is 0 Å². The van der Waals surface area contributed by atoms with E-state index in [1.165, 1.54) is 0 Å². The monoisotopic (exact) mass is 253 g/mol. The molecule has 0 spiro atoms. The molecule has 3 N–H and O–H groups in total. The third kappa shape index (κ3) is 5.10. The van der Waals surface area contributed by atoms with Gasteiger partial charge in [0.15, 0.2) is 0 Å². The van der Waals surface area contributed by atoms with Crippen molar-refractivity contribution in [3.63, 3.8) is 0 Å². The van der Waals surface area contributed by atoms with Crippen molar-refractivity contribution in [2.75, 3.05) is 25.1 Å². The van der Waals surface area contributed by atoms with Crippen LogP contribution in [-0.4, -0.2) is 29.7 Å². The highest BCUT2D eigenvalue weighted by Gasteiger charge is 2.01. The topological polar surface area (TPSA) is 60.2 Å². The van der Waals surface area contributed by atoms with E-state index < -0.39 is 0 Å². The average Bonchev–Trinajstić information content (AvgIpc) is 2.28. The Bertz CT molecular complexity index is 382. The Balaban J connectivity index is 2.50. The molecule has 0 fully saturated rings. The van der Waals surface area contributed by atoms with Crippen LogP contribution in [0, 0.1) is 6.92 Å². The van der Waals surface area contributed by atoms with Crippen LogP contribution in [-0.2, 0) is 4.74 Å². The lowest BCUT2D eigenvalue weighted by molar-refractivity contribution is 0.147. The van der Waals surface area contributed by atoms with Gasteiger partial charge in [-0.15, -0.1) is 0 Å². The summed E-state index contributed by atoms with van der Waals surface area (Å²) in [4.78, 5) is 4.76. The summed E-state index contributed by atoms with van der Waals surface area (Å²) in [7, 11) is 0. The molecule has 1 rings (SSSR count). The van der Waals surface area contributed by atoms with E-state index in [0.29, 0.717) is 4.99 Å². The van der Waals surface area contributed by atoms with Gasteiger partial charge in [0.25, 0.3) is 0 Å². The molecule has 5 heteroatoms. The summed E-state index contributed by atoms with van der Waals surface area (Å²) in [5.41, 5.74) is 7.35. The fourth-order valence-electron chi connectivity index (χ4n) is 1.44. The van der Waals surface area contributed by atoms with E-state index in [-0.39, 0.29) is 0 Å². The normalized spacial score (nSPS) is 10.2. The van der Waals surface area contributed by atoms with Gasteiger partial charge in [0.2, 0.25) is 0 Å². The van der Waals surface area contributed by atoms with Crippen molar-refractivity contribution in [3.8, 4) is 0 Å². The smallest absolute Gasteiger partial charge is 0.126 e. The lowest BCUT2D eigenvalue weighted by Crippen LogP contribution is -2.12. The number of rotatable bonds is 7. The van der Waals surface area contributed by atoms with Crippen LogP contribution in [0.25, 0.3) is 0 Å². The van der Waals surface area contributed by atoms with Gasteiger partial charge in [-0.1, -0.05) is 12.2 Å². The van der Waals surface area contributed by atoms with Gasteiger partial charge in [0.1, 0.15) is 10.8 Å². The van der Waals surface area contributed by atoms with Crippen LogP contribution in [0.4, 0.5) is 5.82 Å². The van der Waals surface area contributed by atoms with Crippen LogP contribution in [0.2, 0.25) is 0 Å². The van der Waals surface area contributed by atoms with E-state index in [0.717, 1.165) is 43.3 Å². The van der Waals surface area contributed by atoms with E-state index in [2.05, 4.69) is 10.3 Å². The zero-order valence-corrected chi connectivity index (χ0v) is 11.1. The molecule has 0 aliphatic carbocycles. The van der Waals surface area contributed by atoms with Gasteiger partial charge in [-0.3, -0.25) is 0 Å². The van der Waals surface area contributed by atoms with Crippen LogP contribution in [0.1, 0.15) is 24.6 Å². The molecule has 0 amide bonds. The minimum absolute atomic E-state index is 0.396. The quantitative estimate of drug-likeness (QED) is 0.574. The molecule has 0 atom stereocenters. The maximum absolute atomic E-state index is 5.60. The predicted molar refractivity (Wildman–Crippen MR) is 74.5 cm³/mol. The highest BCUT2D eigenvalue weighted by Crippen LogP contribution is 2.10. The summed E-state index contributed by atoms with van der Waals surface area (Å²) in [5, 5.41) is 3.23. The van der Waals surface area contributed by atoms with Gasteiger partial charge in [-0.2, -0.15) is 0 Å². The highest BCUT2D eigenvalue weighted by atomic mass is 32.1. The van der Waals surface area contributed by atoms with Crippen molar-refractivity contribution < 1.29 is 4.74 Å². The summed E-state index contributed by atoms with van der Waals surface area (Å²) in [6, 6.07) is 3.75. The largest absolute Gasteiger partial charge is 0.389 e. The molecule has 0 bridgehead atoms. The van der Waals surface area contributed by atoms with E-state index in [1.54, 1.807) is 0 Å². The molecule has 0 saturated heterocycles. The zero-order valence-electron chi connectivity index (χ0n) is 10.3. The standard InChI is InChI=1S/C12H19N3OS/c1-3-16-6-4-5-14-11-8-10(12(13)17)7-9(2)15-11/h7-8H,3-6H2,1-2H3,(H2,13,17)(H,14,15). The minimum atomic E-state index is 0.396. The van der Waals surface area contributed by atoms with Gasteiger partial charge >= 0.3 is 0 Å². The molecule has 0 aliphatic rings. The lowest BCUT2D eigenvalue weighted by atomic mass is 10.2. The number of pyridine rings is 1. The lowest BCUT2D eigenvalue weighted by Gasteiger charge is -2.08. The maximum Gasteiger partial charge on any atom is 0.126 e. The molecule has 0 saturated carbocycles. The molecule has 0 aliphatic heterocycles. The maximum atomic E-state index is 5.60. The Morgan fingerprint density at radius 2 is 2.29 bits per heavy atom. The van der Waals surface area contributed by atoms with Gasteiger partial charge in [0, 0.05) is 31.0 Å². The molecule has 0 radical (unpaired) electrons. The second-order valence-electron chi connectivity index (χ2n) is 3.72. The summed E-state index contributed by atoms with van der Waals surface area (Å²) >= 11 is 4.95. The fourth-order valence-corrected chi connectivity index (χ4v) is 1.55. The van der Waals surface area contributed by atoms with Crippen molar-refractivity contribution >= 4 is 23.0 Å². The Labute approximate surface area is 108 Å². The van der Waals surface area contributed by atoms with E-state index in [4.69, 9.17) is 22.7 Å². The summed E-state index contributed by atoms with van der Waals surface area (Å²) in [6.07, 6.45) is 0.950. The van der Waals surface area contributed by atoms with Crippen molar-refractivity contribution in [3.05, 3.63) is 23.4 Å². The Morgan fingerprint density at radius 3 is 2.94 bits per heavy atom. The minimum Gasteiger partial charge on any atom is -0.389 e. The summed E-state index contributed by atoms with van der Waals surface area (Å²) in [5.74, 6) is 0.810. The predicted octanol–water partition coefficient (Wildman–Crippen LogP) is 1.86. The number of anilines is 1. The Hall–Kier alpha value is -1.20. The molecule has 0 unspecified atom stereocenters. The second kappa shape index (κ2) is 7.19. The molecule has 1 aromatic heterocycles. The first-order valence-electron chi connectivity index (χ1n) is 5.73. The number of nitrogens with two attached hydrogens (primary N) is 1. The third-order valence-electron chi connectivity index (χ3n) is 2.21. The Kier molecular flexibility index (Phi) is 5.86. The summed E-state index contributed by atoms with van der Waals surface area (Å²) in [6.45, 7) is 6.26. The molecule has 1 heterocycles. The van der Waals surface area contributed by atoms with Crippen molar-refractivity contribution in [1.82, 2.24) is 4.98 Å². The highest BCUT2D eigenvalue weighted by molar-refractivity contribution is 7.80. The molecule has 17 heavy (non-hydrogen) atoms. The Morgan fingerprint density at radius 1 is 1.53 bits per heavy atom. The van der Waals surface area contributed by atoms with Gasteiger partial charge in [-0.05, 0) is 32.4 Å². The van der Waals surface area contributed by atoms with Crippen LogP contribution < -0.4 is 11.1 Å². The zero-order chi connectivity index (χ0) is 12.7. The van der Waals surface area contributed by atoms with Crippen LogP contribution in [0.5, 0.6) is 0 Å². The van der Waals surface area contributed by atoms with Crippen molar-refractivity contribution in [1.29, 1.82) is 0 Å². The van der Waals surface area contributed by atoms with Crippen molar-refractivity contribution in [2.24, 2.45) is 5.73 Å². The number of hydrogen-bond donors (Lipinski definition) is 2. The molecule has 4 nitrogen and oxygen atoms in total. The molecule has 0 aromatic carbocycles. The molecule has 1 aromatic rings. The molecule has 94 valence electrons.